The first kappa shape index (κ1) is 28.2. The van der Waals surface area contributed by atoms with Crippen LogP contribution < -0.4 is 0 Å². The van der Waals surface area contributed by atoms with Crippen LogP contribution in [-0.2, 0) is 0 Å². The van der Waals surface area contributed by atoms with Gasteiger partial charge in [-0.15, -0.1) is 12.4 Å². The lowest BCUT2D eigenvalue weighted by molar-refractivity contribution is 0.247. The topological polar surface area (TPSA) is 27.0 Å². The molecule has 1 aliphatic heterocycles. The van der Waals surface area contributed by atoms with E-state index in [1.54, 1.807) is 5.57 Å². The van der Waals surface area contributed by atoms with Crippen molar-refractivity contribution in [2.45, 2.75) is 77.6 Å². The zero-order valence-electron chi connectivity index (χ0n) is 22.1. The number of fused-ring (bicyclic) bond motifs is 2. The zero-order valence-corrected chi connectivity index (χ0v) is 22.9. The molecule has 0 bridgehead atoms. The third-order valence-corrected chi connectivity index (χ3v) is 7.83. The Bertz CT molecular complexity index is 1000. The molecule has 0 amide bonds. The standard InChI is InChI=1S/C33H42N2.ClH/c1-2-3-4-5-6-7-13-27(26-34)14-12-23-35-24-21-30(22-25-35)33-31-17-10-8-15-28(31)19-20-29-16-9-11-18-32(29)33;/h8-11,15-20,27H,2-7,12-14,21-25H2,1H3;1H. The minimum absolute atomic E-state index is 0. The molecule has 3 heteroatoms. The summed E-state index contributed by atoms with van der Waals surface area (Å²) in [6, 6.07) is 20.3. The van der Waals surface area contributed by atoms with Crippen LogP contribution in [0.3, 0.4) is 0 Å². The van der Waals surface area contributed by atoms with E-state index in [1.807, 2.05) is 0 Å². The van der Waals surface area contributed by atoms with E-state index in [4.69, 9.17) is 0 Å². The Labute approximate surface area is 225 Å². The van der Waals surface area contributed by atoms with Crippen LogP contribution in [-0.4, -0.2) is 24.5 Å². The lowest BCUT2D eigenvalue weighted by Gasteiger charge is -2.30. The Morgan fingerprint density at radius 3 is 1.94 bits per heavy atom. The third kappa shape index (κ3) is 7.58. The first-order valence-electron chi connectivity index (χ1n) is 14.0. The molecule has 192 valence electrons. The predicted molar refractivity (Wildman–Crippen MR) is 157 cm³/mol. The number of rotatable bonds is 11. The van der Waals surface area contributed by atoms with E-state index in [9.17, 15) is 5.26 Å². The summed E-state index contributed by atoms with van der Waals surface area (Å²) >= 11 is 0. The van der Waals surface area contributed by atoms with Crippen molar-refractivity contribution in [3.63, 3.8) is 0 Å². The van der Waals surface area contributed by atoms with Gasteiger partial charge in [0.05, 0.1) is 6.07 Å². The normalized spacial score (nSPS) is 15.9. The number of hydrogen-bond acceptors (Lipinski definition) is 2. The van der Waals surface area contributed by atoms with Gasteiger partial charge in [-0.05, 0) is 66.5 Å². The second kappa shape index (κ2) is 15.0. The largest absolute Gasteiger partial charge is 0.303 e. The molecular weight excluding hydrogens is 460 g/mol. The van der Waals surface area contributed by atoms with Crippen molar-refractivity contribution in [3.05, 3.63) is 76.4 Å². The molecule has 1 unspecified atom stereocenters. The smallest absolute Gasteiger partial charge is 0.0655 e. The number of halogens is 1. The Hall–Kier alpha value is -2.34. The van der Waals surface area contributed by atoms with E-state index < -0.39 is 0 Å². The zero-order chi connectivity index (χ0) is 24.3. The minimum Gasteiger partial charge on any atom is -0.303 e. The number of piperidine rings is 1. The highest BCUT2D eigenvalue weighted by atomic mass is 35.5. The molecular formula is C33H43ClN2. The lowest BCUT2D eigenvalue weighted by Crippen LogP contribution is -2.32. The van der Waals surface area contributed by atoms with Gasteiger partial charge in [-0.25, -0.2) is 0 Å². The first-order chi connectivity index (χ1) is 17.3. The van der Waals surface area contributed by atoms with Crippen molar-refractivity contribution in [2.24, 2.45) is 5.92 Å². The second-order valence-corrected chi connectivity index (χ2v) is 10.4. The summed E-state index contributed by atoms with van der Waals surface area (Å²) in [6.07, 6.45) is 18.0. The number of likely N-dealkylation sites (tertiary alicyclic amines) is 1. The van der Waals surface area contributed by atoms with Crippen molar-refractivity contribution in [1.82, 2.24) is 4.90 Å². The molecule has 0 aromatic heterocycles. The number of nitriles is 1. The SMILES string of the molecule is CCCCCCCCC(C#N)CCCN1CCC(=C2c3ccccc3C=Cc3ccccc32)CC1.Cl. The van der Waals surface area contributed by atoms with Gasteiger partial charge in [0.1, 0.15) is 0 Å². The van der Waals surface area contributed by atoms with E-state index in [-0.39, 0.29) is 18.3 Å². The van der Waals surface area contributed by atoms with Gasteiger partial charge >= 0.3 is 0 Å². The van der Waals surface area contributed by atoms with Crippen LogP contribution in [0.5, 0.6) is 0 Å². The van der Waals surface area contributed by atoms with Gasteiger partial charge in [-0.3, -0.25) is 0 Å². The summed E-state index contributed by atoms with van der Waals surface area (Å²) in [5.41, 5.74) is 8.46. The molecule has 1 fully saturated rings. The Morgan fingerprint density at radius 2 is 1.33 bits per heavy atom. The average molecular weight is 503 g/mol. The molecule has 2 aromatic carbocycles. The van der Waals surface area contributed by atoms with Crippen molar-refractivity contribution >= 4 is 30.1 Å². The number of benzene rings is 2. The summed E-state index contributed by atoms with van der Waals surface area (Å²) in [5, 5.41) is 9.59. The number of unbranched alkanes of at least 4 members (excludes halogenated alkanes) is 5. The molecule has 1 saturated heterocycles. The van der Waals surface area contributed by atoms with Gasteiger partial charge in [0, 0.05) is 19.0 Å². The van der Waals surface area contributed by atoms with Gasteiger partial charge in [0.25, 0.3) is 0 Å². The fraction of sp³-hybridized carbons (Fsp3) is 0.485. The van der Waals surface area contributed by atoms with Gasteiger partial charge in [0.15, 0.2) is 0 Å². The Kier molecular flexibility index (Phi) is 11.8. The highest BCUT2D eigenvalue weighted by Gasteiger charge is 2.22. The quantitative estimate of drug-likeness (QED) is 0.244. The number of nitrogens with zero attached hydrogens (tertiary/aromatic N) is 2. The molecule has 2 nitrogen and oxygen atoms in total. The molecule has 1 atom stereocenters. The van der Waals surface area contributed by atoms with Crippen molar-refractivity contribution in [3.8, 4) is 6.07 Å². The van der Waals surface area contributed by atoms with Crippen LogP contribution in [0.25, 0.3) is 17.7 Å². The summed E-state index contributed by atoms with van der Waals surface area (Å²) in [4.78, 5) is 2.62. The highest BCUT2D eigenvalue weighted by Crippen LogP contribution is 2.38. The number of hydrogen-bond donors (Lipinski definition) is 0. The molecule has 2 aromatic rings. The van der Waals surface area contributed by atoms with Crippen LogP contribution in [0, 0.1) is 17.2 Å². The maximum absolute atomic E-state index is 9.59. The molecule has 2 aliphatic rings. The van der Waals surface area contributed by atoms with Crippen molar-refractivity contribution in [2.75, 3.05) is 19.6 Å². The molecule has 0 saturated carbocycles. The van der Waals surface area contributed by atoms with E-state index >= 15 is 0 Å². The van der Waals surface area contributed by atoms with Crippen LogP contribution in [0.1, 0.15) is 99.8 Å². The van der Waals surface area contributed by atoms with Crippen LogP contribution >= 0.6 is 12.4 Å². The Balaban J connectivity index is 0.00000361. The molecule has 4 rings (SSSR count). The summed E-state index contributed by atoms with van der Waals surface area (Å²) in [5.74, 6) is 0.245. The fourth-order valence-corrected chi connectivity index (χ4v) is 5.75. The predicted octanol–water partition coefficient (Wildman–Crippen LogP) is 9.16. The van der Waals surface area contributed by atoms with E-state index in [1.165, 1.54) is 66.4 Å². The monoisotopic (exact) mass is 502 g/mol. The summed E-state index contributed by atoms with van der Waals surface area (Å²) in [6.45, 7) is 5.65. The first-order valence-corrected chi connectivity index (χ1v) is 14.0. The molecule has 1 aliphatic carbocycles. The average Bonchev–Trinajstić information content (AvgIpc) is 3.07. The minimum atomic E-state index is 0. The third-order valence-electron chi connectivity index (χ3n) is 7.83. The molecule has 0 radical (unpaired) electrons. The fourth-order valence-electron chi connectivity index (χ4n) is 5.75. The summed E-state index contributed by atoms with van der Waals surface area (Å²) < 4.78 is 0. The maximum atomic E-state index is 9.59. The Morgan fingerprint density at radius 1 is 0.778 bits per heavy atom. The second-order valence-electron chi connectivity index (χ2n) is 10.4. The van der Waals surface area contributed by atoms with Gasteiger partial charge in [-0.2, -0.15) is 5.26 Å². The van der Waals surface area contributed by atoms with Crippen LogP contribution in [0.15, 0.2) is 54.1 Å². The van der Waals surface area contributed by atoms with Crippen LogP contribution in [0.2, 0.25) is 0 Å². The van der Waals surface area contributed by atoms with Crippen molar-refractivity contribution < 1.29 is 0 Å². The van der Waals surface area contributed by atoms with E-state index in [0.717, 1.165) is 51.7 Å². The van der Waals surface area contributed by atoms with Gasteiger partial charge < -0.3 is 4.90 Å². The molecule has 1 heterocycles. The molecule has 36 heavy (non-hydrogen) atoms. The lowest BCUT2D eigenvalue weighted by atomic mass is 9.86. The maximum Gasteiger partial charge on any atom is 0.0655 e. The van der Waals surface area contributed by atoms with Crippen LogP contribution in [0.4, 0.5) is 0 Å². The van der Waals surface area contributed by atoms with E-state index in [0.29, 0.717) is 0 Å². The van der Waals surface area contributed by atoms with Crippen molar-refractivity contribution in [1.29, 1.82) is 5.26 Å². The van der Waals surface area contributed by atoms with E-state index in [2.05, 4.69) is 78.6 Å². The molecule has 0 spiro atoms. The highest BCUT2D eigenvalue weighted by molar-refractivity contribution is 5.94. The molecule has 0 N–H and O–H groups in total. The summed E-state index contributed by atoms with van der Waals surface area (Å²) in [7, 11) is 0. The van der Waals surface area contributed by atoms with Gasteiger partial charge in [0.2, 0.25) is 0 Å². The van der Waals surface area contributed by atoms with Gasteiger partial charge in [-0.1, -0.05) is 112 Å².